The van der Waals surface area contributed by atoms with E-state index in [1.54, 1.807) is 0 Å². The summed E-state index contributed by atoms with van der Waals surface area (Å²) < 4.78 is 32.7. The Bertz CT molecular complexity index is 56.8. The fourth-order valence-electron chi connectivity index (χ4n) is 0.204. The van der Waals surface area contributed by atoms with Gasteiger partial charge in [0.2, 0.25) is 0 Å². The van der Waals surface area contributed by atoms with E-state index >= 15 is 0 Å². The predicted molar refractivity (Wildman–Crippen MR) is 26.2 cm³/mol. The van der Waals surface area contributed by atoms with Gasteiger partial charge >= 0.3 is 0 Å². The Morgan fingerprint density at radius 1 is 1.40 bits per heavy atom. The molecule has 0 radical (unpaired) electrons. The number of nitrogens with two attached hydrogens (primary N) is 1. The van der Waals surface area contributed by atoms with Crippen molar-refractivity contribution in [3.05, 3.63) is 0 Å². The molecular formula is C4H12ClNO4. The Kier molecular flexibility index (Phi) is 9.17. The van der Waals surface area contributed by atoms with Gasteiger partial charge in [-0.2, -0.15) is 14.0 Å². The standard InChI is InChI=1S/C4H11N.ClHO4/c1-2-3-4-5;2-1(3,4)5/h2-5H2,1H3;(H,2,3,4,5). The molecule has 5 nitrogen and oxygen atoms in total. The fraction of sp³-hybridized carbons (Fsp3) is 1.00. The third kappa shape index (κ3) is 93.1. The lowest BCUT2D eigenvalue weighted by atomic mass is 10.3. The van der Waals surface area contributed by atoms with Gasteiger partial charge in [-0.1, -0.05) is 13.3 Å². The summed E-state index contributed by atoms with van der Waals surface area (Å²) in [5.41, 5.74) is 5.14. The number of unbranched alkanes of at least 4 members (excludes halogenated alkanes) is 1. The molecule has 0 bridgehead atoms. The van der Waals surface area contributed by atoms with Crippen molar-refractivity contribution in [1.29, 1.82) is 0 Å². The fourth-order valence-corrected chi connectivity index (χ4v) is 0.204. The molecule has 6 heteroatoms. The van der Waals surface area contributed by atoms with E-state index in [0.29, 0.717) is 0 Å². The van der Waals surface area contributed by atoms with Crippen molar-refractivity contribution < 1.29 is 28.9 Å². The molecule has 3 N–H and O–H groups in total. The molecule has 0 aliphatic carbocycles. The first-order valence-electron chi connectivity index (χ1n) is 2.75. The summed E-state index contributed by atoms with van der Waals surface area (Å²) in [6.07, 6.45) is 2.39. The number of hydrogen-bond acceptors (Lipinski definition) is 5. The molecule has 0 aromatic heterocycles. The van der Waals surface area contributed by atoms with E-state index in [9.17, 15) is 0 Å². The molecule has 0 saturated heterocycles. The van der Waals surface area contributed by atoms with Crippen LogP contribution < -0.4 is 19.7 Å². The van der Waals surface area contributed by atoms with Crippen LogP contribution in [0.5, 0.6) is 0 Å². The van der Waals surface area contributed by atoms with Gasteiger partial charge < -0.3 is 5.73 Å². The molecule has 0 aromatic carbocycles. The van der Waals surface area contributed by atoms with E-state index in [0.717, 1.165) is 6.54 Å². The third-order valence-corrected chi connectivity index (χ3v) is 0.558. The molecule has 0 aliphatic rings. The van der Waals surface area contributed by atoms with E-state index in [2.05, 4.69) is 6.92 Å². The molecule has 0 saturated carbocycles. The van der Waals surface area contributed by atoms with Crippen LogP contribution >= 0.6 is 0 Å². The van der Waals surface area contributed by atoms with Crippen molar-refractivity contribution in [2.75, 3.05) is 6.54 Å². The third-order valence-electron chi connectivity index (χ3n) is 0.558. The summed E-state index contributed by atoms with van der Waals surface area (Å²) in [6, 6.07) is 0. The van der Waals surface area contributed by atoms with Gasteiger partial charge in [-0.25, -0.2) is 0 Å². The van der Waals surface area contributed by atoms with Gasteiger partial charge in [-0.3, -0.25) is 0 Å². The summed E-state index contributed by atoms with van der Waals surface area (Å²) in [5, 5.41) is 0. The average Bonchev–Trinajstić information content (AvgIpc) is 1.63. The second-order valence-electron chi connectivity index (χ2n) is 1.54. The van der Waals surface area contributed by atoms with Crippen LogP contribution in [0.2, 0.25) is 0 Å². The zero-order valence-electron chi connectivity index (χ0n) is 5.75. The SMILES string of the molecule is CCCCN.[O-][Cl+3]([O-])([O-])O. The second kappa shape index (κ2) is 7.20. The predicted octanol–water partition coefficient (Wildman–Crippen LogP) is -3.38. The topological polar surface area (TPSA) is 115 Å². The normalized spacial score (nSPS) is 10.2. The van der Waals surface area contributed by atoms with Crippen LogP contribution in [-0.4, -0.2) is 11.2 Å². The Morgan fingerprint density at radius 3 is 1.70 bits per heavy atom. The van der Waals surface area contributed by atoms with Crippen molar-refractivity contribution in [1.82, 2.24) is 0 Å². The van der Waals surface area contributed by atoms with Crippen molar-refractivity contribution in [3.63, 3.8) is 0 Å². The molecular weight excluding hydrogens is 162 g/mol. The maximum atomic E-state index is 8.60. The van der Waals surface area contributed by atoms with Gasteiger partial charge in [0, 0.05) is 0 Å². The highest BCUT2D eigenvalue weighted by Gasteiger charge is 1.98. The maximum absolute atomic E-state index is 8.60. The zero-order chi connectivity index (χ0) is 8.62. The first-order valence-corrected chi connectivity index (χ1v) is 4.01. The van der Waals surface area contributed by atoms with Gasteiger partial charge in [-0.05, 0) is 13.0 Å². The van der Waals surface area contributed by atoms with E-state index in [4.69, 9.17) is 24.4 Å². The minimum atomic E-state index is -4.69. The van der Waals surface area contributed by atoms with E-state index < -0.39 is 10.2 Å². The quantitative estimate of drug-likeness (QED) is 0.452. The molecule has 0 aromatic rings. The molecule has 0 spiro atoms. The van der Waals surface area contributed by atoms with Gasteiger partial charge in [0.25, 0.3) is 0 Å². The summed E-state index contributed by atoms with van der Waals surface area (Å²) in [6.45, 7) is 2.98. The van der Waals surface area contributed by atoms with Gasteiger partial charge in [-0.15, -0.1) is 0 Å². The largest absolute Gasteiger partial charge is 0.330 e. The zero-order valence-corrected chi connectivity index (χ0v) is 6.50. The van der Waals surface area contributed by atoms with Crippen LogP contribution in [0.3, 0.4) is 0 Å². The summed E-state index contributed by atoms with van der Waals surface area (Å²) in [7, 11) is -4.69. The van der Waals surface area contributed by atoms with Crippen LogP contribution in [0, 0.1) is 10.2 Å². The Balaban J connectivity index is 0. The molecule has 0 unspecified atom stereocenters. The van der Waals surface area contributed by atoms with E-state index in [1.165, 1.54) is 12.8 Å². The smallest absolute Gasteiger partial charge is 0.0777 e. The van der Waals surface area contributed by atoms with Crippen LogP contribution in [0.25, 0.3) is 0 Å². The summed E-state index contributed by atoms with van der Waals surface area (Å²) in [5.74, 6) is 0. The lowest BCUT2D eigenvalue weighted by Gasteiger charge is -2.03. The second-order valence-corrected chi connectivity index (χ2v) is 2.33. The molecule has 0 heterocycles. The summed E-state index contributed by atoms with van der Waals surface area (Å²) in [4.78, 5) is 0. The van der Waals surface area contributed by atoms with Crippen molar-refractivity contribution in [3.8, 4) is 0 Å². The Morgan fingerprint density at radius 2 is 1.70 bits per heavy atom. The van der Waals surface area contributed by atoms with E-state index in [-0.39, 0.29) is 0 Å². The highest BCUT2D eigenvalue weighted by atomic mass is 35.7. The molecule has 0 amide bonds. The molecule has 0 aliphatic heterocycles. The highest BCUT2D eigenvalue weighted by Crippen LogP contribution is 1.77. The molecule has 0 atom stereocenters. The lowest BCUT2D eigenvalue weighted by molar-refractivity contribution is -1.92. The van der Waals surface area contributed by atoms with Crippen LogP contribution in [0.1, 0.15) is 19.8 Å². The van der Waals surface area contributed by atoms with Gasteiger partial charge in [0.15, 0.2) is 0 Å². The molecule has 0 fully saturated rings. The molecule has 64 valence electrons. The number of rotatable bonds is 2. The number of halogens is 1. The monoisotopic (exact) mass is 173 g/mol. The Hall–Kier alpha value is 0.0900. The molecule has 10 heavy (non-hydrogen) atoms. The minimum absolute atomic E-state index is 0.844. The minimum Gasteiger partial charge on any atom is -0.330 e. The Labute approximate surface area is 61.8 Å². The van der Waals surface area contributed by atoms with Gasteiger partial charge in [0.05, 0.1) is 14.9 Å². The molecule has 0 rings (SSSR count). The van der Waals surface area contributed by atoms with Crippen LogP contribution in [-0.2, 0) is 0 Å². The maximum Gasteiger partial charge on any atom is 0.0777 e. The first kappa shape index (κ1) is 12.7. The lowest BCUT2D eigenvalue weighted by Crippen LogP contribution is -2.58. The average molecular weight is 174 g/mol. The first-order chi connectivity index (χ1) is 4.41. The van der Waals surface area contributed by atoms with E-state index in [1.807, 2.05) is 0 Å². The number of hydrogen-bond donors (Lipinski definition) is 2. The summed E-state index contributed by atoms with van der Waals surface area (Å²) >= 11 is 0. The van der Waals surface area contributed by atoms with Crippen LogP contribution in [0.4, 0.5) is 0 Å². The van der Waals surface area contributed by atoms with Crippen molar-refractivity contribution in [2.45, 2.75) is 19.8 Å². The van der Waals surface area contributed by atoms with Crippen molar-refractivity contribution in [2.24, 2.45) is 5.73 Å². The highest BCUT2D eigenvalue weighted by molar-refractivity contribution is 4.29. The van der Waals surface area contributed by atoms with Gasteiger partial charge in [0.1, 0.15) is 0 Å². The van der Waals surface area contributed by atoms with Crippen molar-refractivity contribution >= 4 is 0 Å². The van der Waals surface area contributed by atoms with Crippen LogP contribution in [0.15, 0.2) is 0 Å².